The predicted molar refractivity (Wildman–Crippen MR) is 76.8 cm³/mol. The molecule has 110 valence electrons. The number of para-hydroxylation sites is 1. The molecule has 1 atom stereocenters. The highest BCUT2D eigenvalue weighted by Gasteiger charge is 2.39. The average Bonchev–Trinajstić information content (AvgIpc) is 2.62. The Bertz CT molecular complexity index is 617. The minimum absolute atomic E-state index is 0.0299. The van der Waals surface area contributed by atoms with E-state index in [1.807, 2.05) is 0 Å². The Kier molecular flexibility index (Phi) is 4.25. The number of nitrogens with one attached hydrogen (secondary N) is 1. The molecule has 1 aliphatic rings. The maximum atomic E-state index is 11.8. The van der Waals surface area contributed by atoms with Gasteiger partial charge in [-0.2, -0.15) is 0 Å². The molecule has 1 aromatic rings. The molecule has 20 heavy (non-hydrogen) atoms. The molecule has 1 saturated heterocycles. The predicted octanol–water partition coefficient (Wildman–Crippen LogP) is 1.41. The fourth-order valence-corrected chi connectivity index (χ4v) is 4.47. The summed E-state index contributed by atoms with van der Waals surface area (Å²) < 4.78 is 28.2. The zero-order chi connectivity index (χ0) is 14.8. The van der Waals surface area contributed by atoms with Gasteiger partial charge in [0.05, 0.1) is 22.1 Å². The molecule has 2 rings (SSSR count). The Morgan fingerprint density at radius 1 is 1.45 bits per heavy atom. The van der Waals surface area contributed by atoms with Gasteiger partial charge in [0.1, 0.15) is 5.75 Å². The molecule has 1 amide bonds. The lowest BCUT2D eigenvalue weighted by Crippen LogP contribution is -2.48. The van der Waals surface area contributed by atoms with Crippen LogP contribution in [0.15, 0.2) is 24.3 Å². The van der Waals surface area contributed by atoms with Gasteiger partial charge in [0.2, 0.25) is 0 Å². The molecule has 1 aliphatic heterocycles. The molecule has 1 fully saturated rings. The topological polar surface area (TPSA) is 72.5 Å². The maximum Gasteiger partial charge on any atom is 0.258 e. The summed E-state index contributed by atoms with van der Waals surface area (Å²) in [5, 5.41) is 3.14. The van der Waals surface area contributed by atoms with Crippen molar-refractivity contribution in [2.75, 3.05) is 18.1 Å². The van der Waals surface area contributed by atoms with Crippen molar-refractivity contribution >= 4 is 27.3 Å². The highest BCUT2D eigenvalue weighted by atomic mass is 35.5. The van der Waals surface area contributed by atoms with Crippen molar-refractivity contribution in [1.82, 2.24) is 5.32 Å². The van der Waals surface area contributed by atoms with E-state index in [-0.39, 0.29) is 24.0 Å². The molecule has 0 unspecified atom stereocenters. The van der Waals surface area contributed by atoms with Crippen LogP contribution >= 0.6 is 11.6 Å². The summed E-state index contributed by atoms with van der Waals surface area (Å²) in [6.07, 6.45) is 0.424. The molecule has 0 bridgehead atoms. The van der Waals surface area contributed by atoms with Crippen LogP contribution in [0.3, 0.4) is 0 Å². The van der Waals surface area contributed by atoms with Crippen molar-refractivity contribution in [1.29, 1.82) is 0 Å². The Balaban J connectivity index is 1.89. The van der Waals surface area contributed by atoms with Gasteiger partial charge in [-0.25, -0.2) is 8.42 Å². The molecule has 0 spiro atoms. The third-order valence-corrected chi connectivity index (χ3v) is 5.36. The summed E-state index contributed by atoms with van der Waals surface area (Å²) in [6.45, 7) is 1.53. The van der Waals surface area contributed by atoms with Gasteiger partial charge in [-0.3, -0.25) is 4.79 Å². The second kappa shape index (κ2) is 5.61. The zero-order valence-electron chi connectivity index (χ0n) is 11.1. The van der Waals surface area contributed by atoms with Gasteiger partial charge in [-0.05, 0) is 25.5 Å². The largest absolute Gasteiger partial charge is 0.482 e. The van der Waals surface area contributed by atoms with Crippen molar-refractivity contribution in [3.63, 3.8) is 0 Å². The fourth-order valence-electron chi connectivity index (χ4n) is 2.19. The first-order valence-corrected chi connectivity index (χ1v) is 8.38. The first-order valence-electron chi connectivity index (χ1n) is 6.18. The molecule has 0 aromatic heterocycles. The van der Waals surface area contributed by atoms with Gasteiger partial charge < -0.3 is 10.1 Å². The van der Waals surface area contributed by atoms with E-state index in [1.54, 1.807) is 31.2 Å². The van der Waals surface area contributed by atoms with Gasteiger partial charge in [0.25, 0.3) is 5.91 Å². The second-order valence-corrected chi connectivity index (χ2v) is 7.76. The monoisotopic (exact) mass is 317 g/mol. The molecule has 0 saturated carbocycles. The number of amides is 1. The van der Waals surface area contributed by atoms with Crippen LogP contribution in [-0.2, 0) is 14.6 Å². The number of carbonyl (C=O) groups excluding carboxylic acids is 1. The van der Waals surface area contributed by atoms with E-state index in [1.165, 1.54) is 0 Å². The lowest BCUT2D eigenvalue weighted by molar-refractivity contribution is -0.124. The van der Waals surface area contributed by atoms with Gasteiger partial charge in [-0.1, -0.05) is 23.7 Å². The van der Waals surface area contributed by atoms with Gasteiger partial charge in [0, 0.05) is 0 Å². The Morgan fingerprint density at radius 3 is 2.75 bits per heavy atom. The van der Waals surface area contributed by atoms with Crippen molar-refractivity contribution in [2.24, 2.45) is 0 Å². The van der Waals surface area contributed by atoms with E-state index in [2.05, 4.69) is 5.32 Å². The van der Waals surface area contributed by atoms with Crippen LogP contribution in [0.4, 0.5) is 0 Å². The molecule has 7 heteroatoms. The summed E-state index contributed by atoms with van der Waals surface area (Å²) in [4.78, 5) is 11.8. The van der Waals surface area contributed by atoms with Gasteiger partial charge in [0.15, 0.2) is 16.4 Å². The number of benzene rings is 1. The van der Waals surface area contributed by atoms with E-state index in [4.69, 9.17) is 16.3 Å². The third kappa shape index (κ3) is 3.86. The van der Waals surface area contributed by atoms with Crippen LogP contribution in [0, 0.1) is 0 Å². The van der Waals surface area contributed by atoms with E-state index in [0.717, 1.165) is 0 Å². The molecule has 1 N–H and O–H groups in total. The van der Waals surface area contributed by atoms with Crippen LogP contribution in [0.5, 0.6) is 5.75 Å². The molecular weight excluding hydrogens is 302 g/mol. The molecular formula is C13H16ClNO4S. The Labute approximate surface area is 123 Å². The summed E-state index contributed by atoms with van der Waals surface area (Å²) in [6, 6.07) is 6.85. The number of ether oxygens (including phenoxy) is 1. The Hall–Kier alpha value is -1.27. The van der Waals surface area contributed by atoms with Crippen molar-refractivity contribution in [3.8, 4) is 5.75 Å². The fraction of sp³-hybridized carbons (Fsp3) is 0.462. The second-order valence-electron chi connectivity index (χ2n) is 5.17. The van der Waals surface area contributed by atoms with Crippen LogP contribution in [-0.4, -0.2) is 38.0 Å². The van der Waals surface area contributed by atoms with Crippen LogP contribution in [0.1, 0.15) is 13.3 Å². The summed E-state index contributed by atoms with van der Waals surface area (Å²) in [5.74, 6) is 0.144. The van der Waals surface area contributed by atoms with E-state index < -0.39 is 15.4 Å². The lowest BCUT2D eigenvalue weighted by Gasteiger charge is -2.23. The van der Waals surface area contributed by atoms with Crippen LogP contribution < -0.4 is 10.1 Å². The average molecular weight is 318 g/mol. The summed E-state index contributed by atoms with van der Waals surface area (Å²) >= 11 is 5.91. The normalized spacial score (nSPS) is 24.3. The summed E-state index contributed by atoms with van der Waals surface area (Å²) in [5.41, 5.74) is -0.709. The molecule has 0 radical (unpaired) electrons. The summed E-state index contributed by atoms with van der Waals surface area (Å²) in [7, 11) is -3.05. The number of rotatable bonds is 4. The van der Waals surface area contributed by atoms with Crippen LogP contribution in [0.2, 0.25) is 5.02 Å². The minimum Gasteiger partial charge on any atom is -0.482 e. The lowest BCUT2D eigenvalue weighted by atomic mass is 10.0. The quantitative estimate of drug-likeness (QED) is 0.911. The smallest absolute Gasteiger partial charge is 0.258 e. The van der Waals surface area contributed by atoms with E-state index in [9.17, 15) is 13.2 Å². The molecule has 5 nitrogen and oxygen atoms in total. The SMILES string of the molecule is C[C@@]1(NC(=O)COc2ccccc2Cl)CCS(=O)(=O)C1. The molecule has 0 aliphatic carbocycles. The zero-order valence-corrected chi connectivity index (χ0v) is 12.6. The standard InChI is InChI=1S/C13H16ClNO4S/c1-13(6-7-20(17,18)9-13)15-12(16)8-19-11-5-3-2-4-10(11)14/h2-5H,6-9H2,1H3,(H,15,16)/t13-/m1/s1. The minimum atomic E-state index is -3.05. The van der Waals surface area contributed by atoms with Crippen molar-refractivity contribution in [2.45, 2.75) is 18.9 Å². The number of halogens is 1. The number of hydrogen-bond acceptors (Lipinski definition) is 4. The number of sulfone groups is 1. The van der Waals surface area contributed by atoms with E-state index in [0.29, 0.717) is 17.2 Å². The van der Waals surface area contributed by atoms with Gasteiger partial charge >= 0.3 is 0 Å². The highest BCUT2D eigenvalue weighted by molar-refractivity contribution is 7.91. The highest BCUT2D eigenvalue weighted by Crippen LogP contribution is 2.24. The third-order valence-electron chi connectivity index (χ3n) is 3.14. The Morgan fingerprint density at radius 2 is 2.15 bits per heavy atom. The molecule has 1 aromatic carbocycles. The first kappa shape index (κ1) is 15.1. The maximum absolute atomic E-state index is 11.8. The number of hydrogen-bond donors (Lipinski definition) is 1. The first-order chi connectivity index (χ1) is 9.30. The number of carbonyl (C=O) groups is 1. The van der Waals surface area contributed by atoms with Crippen LogP contribution in [0.25, 0.3) is 0 Å². The van der Waals surface area contributed by atoms with Crippen molar-refractivity contribution < 1.29 is 17.9 Å². The molecule has 1 heterocycles. The van der Waals surface area contributed by atoms with Gasteiger partial charge in [-0.15, -0.1) is 0 Å². The van der Waals surface area contributed by atoms with E-state index >= 15 is 0 Å². The van der Waals surface area contributed by atoms with Crippen molar-refractivity contribution in [3.05, 3.63) is 29.3 Å².